The van der Waals surface area contributed by atoms with Crippen LogP contribution in [0.5, 0.6) is 17.2 Å². The molecule has 0 saturated heterocycles. The molecule has 3 aromatic rings. The molecule has 0 spiro atoms. The van der Waals surface area contributed by atoms with Crippen molar-refractivity contribution in [3.63, 3.8) is 0 Å². The Morgan fingerprint density at radius 2 is 1.74 bits per heavy atom. The molecule has 0 saturated carbocycles. The molecular formula is C19H22N4O4. The van der Waals surface area contributed by atoms with Crippen LogP contribution in [0.3, 0.4) is 0 Å². The van der Waals surface area contributed by atoms with E-state index in [1.54, 1.807) is 33.6 Å². The van der Waals surface area contributed by atoms with Gasteiger partial charge in [0.05, 0.1) is 27.0 Å². The second-order valence-electron chi connectivity index (χ2n) is 5.92. The van der Waals surface area contributed by atoms with Crippen molar-refractivity contribution in [1.82, 2.24) is 15.1 Å². The van der Waals surface area contributed by atoms with E-state index >= 15 is 0 Å². The highest BCUT2D eigenvalue weighted by Gasteiger charge is 2.15. The predicted octanol–water partition coefficient (Wildman–Crippen LogP) is 3.44. The van der Waals surface area contributed by atoms with Gasteiger partial charge in [-0.1, -0.05) is 5.16 Å². The summed E-state index contributed by atoms with van der Waals surface area (Å²) in [5, 5.41) is 7.07. The van der Waals surface area contributed by atoms with Gasteiger partial charge < -0.3 is 24.1 Å². The minimum atomic E-state index is 0.501. The monoisotopic (exact) mass is 370 g/mol. The fourth-order valence-electron chi connectivity index (χ4n) is 2.62. The van der Waals surface area contributed by atoms with Gasteiger partial charge in [0, 0.05) is 18.2 Å². The highest BCUT2D eigenvalue weighted by molar-refractivity contribution is 5.55. The molecule has 0 radical (unpaired) electrons. The first-order valence-corrected chi connectivity index (χ1v) is 8.36. The summed E-state index contributed by atoms with van der Waals surface area (Å²) in [6.07, 6.45) is 2.20. The van der Waals surface area contributed by atoms with Crippen molar-refractivity contribution < 1.29 is 18.7 Å². The van der Waals surface area contributed by atoms with Crippen LogP contribution in [0, 0.1) is 13.8 Å². The molecule has 8 nitrogen and oxygen atoms in total. The summed E-state index contributed by atoms with van der Waals surface area (Å²) in [6, 6.07) is 5.54. The Kier molecular flexibility index (Phi) is 5.44. The minimum absolute atomic E-state index is 0.501. The third kappa shape index (κ3) is 3.94. The van der Waals surface area contributed by atoms with Crippen LogP contribution in [-0.4, -0.2) is 36.5 Å². The van der Waals surface area contributed by atoms with Crippen molar-refractivity contribution in [3.05, 3.63) is 47.0 Å². The number of aryl methyl sites for hydroxylation is 1. The smallest absolute Gasteiger partial charge is 0.233 e. The van der Waals surface area contributed by atoms with Gasteiger partial charge in [0.2, 0.25) is 11.6 Å². The van der Waals surface area contributed by atoms with Crippen molar-refractivity contribution in [2.24, 2.45) is 0 Å². The van der Waals surface area contributed by atoms with E-state index in [0.29, 0.717) is 41.2 Å². The number of methoxy groups -OCH3 is 3. The van der Waals surface area contributed by atoms with Crippen LogP contribution in [0.15, 0.2) is 28.9 Å². The SMILES string of the molecule is COc1cc(Cc2nccc(Nc3onc(C)c3C)n2)cc(OC)c1OC. The number of nitrogens with one attached hydrogen (secondary N) is 1. The number of ether oxygens (including phenoxy) is 3. The molecule has 2 heterocycles. The fourth-order valence-corrected chi connectivity index (χ4v) is 2.62. The van der Waals surface area contributed by atoms with Gasteiger partial charge in [0.15, 0.2) is 11.5 Å². The number of hydrogen-bond acceptors (Lipinski definition) is 8. The highest BCUT2D eigenvalue weighted by atomic mass is 16.5. The standard InChI is InChI=1S/C19H22N4O4/c1-11-12(2)23-27-19(11)22-16-6-7-20-17(21-16)10-13-8-14(24-3)18(26-5)15(9-13)25-4/h6-9H,10H2,1-5H3,(H,20,21,22). The highest BCUT2D eigenvalue weighted by Crippen LogP contribution is 2.38. The van der Waals surface area contributed by atoms with Gasteiger partial charge in [-0.05, 0) is 37.6 Å². The Labute approximate surface area is 157 Å². The minimum Gasteiger partial charge on any atom is -0.493 e. The largest absolute Gasteiger partial charge is 0.493 e. The topological polar surface area (TPSA) is 91.5 Å². The van der Waals surface area contributed by atoms with Crippen molar-refractivity contribution in [1.29, 1.82) is 0 Å². The van der Waals surface area contributed by atoms with Crippen LogP contribution in [0.4, 0.5) is 11.7 Å². The van der Waals surface area contributed by atoms with Gasteiger partial charge in [-0.3, -0.25) is 0 Å². The van der Waals surface area contributed by atoms with Gasteiger partial charge in [0.1, 0.15) is 11.6 Å². The summed E-state index contributed by atoms with van der Waals surface area (Å²) in [4.78, 5) is 8.89. The fraction of sp³-hybridized carbons (Fsp3) is 0.316. The molecule has 2 aromatic heterocycles. The molecule has 0 amide bonds. The Morgan fingerprint density at radius 3 is 2.30 bits per heavy atom. The lowest BCUT2D eigenvalue weighted by Gasteiger charge is -2.14. The zero-order valence-corrected chi connectivity index (χ0v) is 16.0. The van der Waals surface area contributed by atoms with Crippen LogP contribution in [0.2, 0.25) is 0 Å². The predicted molar refractivity (Wildman–Crippen MR) is 100 cm³/mol. The molecule has 8 heteroatoms. The molecule has 142 valence electrons. The molecule has 0 bridgehead atoms. The molecule has 0 atom stereocenters. The van der Waals surface area contributed by atoms with E-state index in [1.165, 1.54) is 0 Å². The number of aromatic nitrogens is 3. The molecule has 1 N–H and O–H groups in total. The van der Waals surface area contributed by atoms with E-state index in [-0.39, 0.29) is 0 Å². The second kappa shape index (κ2) is 7.94. The number of anilines is 2. The molecule has 0 aliphatic carbocycles. The Morgan fingerprint density at radius 1 is 1.04 bits per heavy atom. The van der Waals surface area contributed by atoms with E-state index in [4.69, 9.17) is 18.7 Å². The van der Waals surface area contributed by atoms with Crippen LogP contribution in [0.25, 0.3) is 0 Å². The molecule has 27 heavy (non-hydrogen) atoms. The third-order valence-electron chi connectivity index (χ3n) is 4.19. The first-order valence-electron chi connectivity index (χ1n) is 8.36. The zero-order chi connectivity index (χ0) is 19.4. The number of benzene rings is 1. The first-order chi connectivity index (χ1) is 13.0. The maximum atomic E-state index is 5.40. The van der Waals surface area contributed by atoms with E-state index < -0.39 is 0 Å². The molecule has 0 fully saturated rings. The van der Waals surface area contributed by atoms with Gasteiger partial charge in [-0.2, -0.15) is 0 Å². The van der Waals surface area contributed by atoms with E-state index in [0.717, 1.165) is 16.8 Å². The molecular weight excluding hydrogens is 348 g/mol. The van der Waals surface area contributed by atoms with Crippen LogP contribution < -0.4 is 19.5 Å². The van der Waals surface area contributed by atoms with Crippen LogP contribution >= 0.6 is 0 Å². The molecule has 0 aliphatic rings. The Hall–Kier alpha value is -3.29. The second-order valence-corrected chi connectivity index (χ2v) is 5.92. The van der Waals surface area contributed by atoms with Crippen LogP contribution in [-0.2, 0) is 6.42 Å². The molecule has 0 aliphatic heterocycles. The summed E-state index contributed by atoms with van der Waals surface area (Å²) >= 11 is 0. The van der Waals surface area contributed by atoms with Gasteiger partial charge >= 0.3 is 0 Å². The lowest BCUT2D eigenvalue weighted by atomic mass is 10.1. The summed E-state index contributed by atoms with van der Waals surface area (Å²) in [5.74, 6) is 3.58. The Bertz CT molecular complexity index is 914. The van der Waals surface area contributed by atoms with Crippen molar-refractivity contribution >= 4 is 11.7 Å². The average Bonchev–Trinajstić information content (AvgIpc) is 2.99. The van der Waals surface area contributed by atoms with Crippen molar-refractivity contribution in [3.8, 4) is 17.2 Å². The molecule has 3 rings (SSSR count). The zero-order valence-electron chi connectivity index (χ0n) is 16.0. The molecule has 0 unspecified atom stereocenters. The third-order valence-corrected chi connectivity index (χ3v) is 4.19. The summed E-state index contributed by atoms with van der Waals surface area (Å²) in [6.45, 7) is 3.83. The maximum Gasteiger partial charge on any atom is 0.233 e. The summed E-state index contributed by atoms with van der Waals surface area (Å²) in [5.41, 5.74) is 2.72. The van der Waals surface area contributed by atoms with Crippen molar-refractivity contribution in [2.75, 3.05) is 26.6 Å². The van der Waals surface area contributed by atoms with Gasteiger partial charge in [-0.15, -0.1) is 0 Å². The van der Waals surface area contributed by atoms with E-state index in [9.17, 15) is 0 Å². The molecule has 1 aromatic carbocycles. The van der Waals surface area contributed by atoms with Crippen LogP contribution in [0.1, 0.15) is 22.6 Å². The van der Waals surface area contributed by atoms with Gasteiger partial charge in [0.25, 0.3) is 0 Å². The summed E-state index contributed by atoms with van der Waals surface area (Å²) < 4.78 is 21.4. The Balaban J connectivity index is 1.85. The van der Waals surface area contributed by atoms with Gasteiger partial charge in [-0.25, -0.2) is 9.97 Å². The lowest BCUT2D eigenvalue weighted by molar-refractivity contribution is 0.324. The number of rotatable bonds is 7. The first kappa shape index (κ1) is 18.5. The van der Waals surface area contributed by atoms with Crippen molar-refractivity contribution in [2.45, 2.75) is 20.3 Å². The number of nitrogens with zero attached hydrogens (tertiary/aromatic N) is 3. The van der Waals surface area contributed by atoms with E-state index in [2.05, 4.69) is 20.4 Å². The summed E-state index contributed by atoms with van der Waals surface area (Å²) in [7, 11) is 4.75. The van der Waals surface area contributed by atoms with E-state index in [1.807, 2.05) is 26.0 Å². The quantitative estimate of drug-likeness (QED) is 0.676. The lowest BCUT2D eigenvalue weighted by Crippen LogP contribution is -2.02. The maximum absolute atomic E-state index is 5.40. The average molecular weight is 370 g/mol. The normalized spacial score (nSPS) is 10.6. The number of hydrogen-bond donors (Lipinski definition) is 1.